The Balaban J connectivity index is 1.58. The Labute approximate surface area is 187 Å². The molecule has 1 aliphatic heterocycles. The molecule has 0 N–H and O–H groups in total. The van der Waals surface area contributed by atoms with Gasteiger partial charge in [-0.05, 0) is 11.6 Å². The lowest BCUT2D eigenvalue weighted by Gasteiger charge is -2.35. The average Bonchev–Trinajstić information content (AvgIpc) is 2.78. The van der Waals surface area contributed by atoms with Gasteiger partial charge in [0.05, 0.1) is 16.9 Å². The number of nitro benzene ring substituents is 1. The van der Waals surface area contributed by atoms with Crippen molar-refractivity contribution in [3.63, 3.8) is 0 Å². The predicted molar refractivity (Wildman–Crippen MR) is 124 cm³/mol. The van der Waals surface area contributed by atoms with Crippen molar-refractivity contribution in [3.8, 4) is 0 Å². The molecule has 32 heavy (non-hydrogen) atoms. The molecule has 0 radical (unpaired) electrons. The summed E-state index contributed by atoms with van der Waals surface area (Å²) in [6.07, 6.45) is 5.12. The number of sulfonamides is 1. The number of benzene rings is 2. The molecule has 9 nitrogen and oxygen atoms in total. The van der Waals surface area contributed by atoms with Crippen LogP contribution < -0.4 is 4.31 Å². The summed E-state index contributed by atoms with van der Waals surface area (Å²) in [6, 6.07) is 15.3. The maximum Gasteiger partial charge on any atom is 0.271 e. The molecule has 1 aliphatic rings. The van der Waals surface area contributed by atoms with Crippen LogP contribution in [0.3, 0.4) is 0 Å². The van der Waals surface area contributed by atoms with Crippen LogP contribution in [0.5, 0.6) is 0 Å². The monoisotopic (exact) mass is 458 g/mol. The molecule has 0 unspecified atom stereocenters. The number of hydrogen-bond acceptors (Lipinski definition) is 6. The van der Waals surface area contributed by atoms with Crippen LogP contribution in [0.2, 0.25) is 0 Å². The highest BCUT2D eigenvalue weighted by Gasteiger charge is 2.27. The Kier molecular flexibility index (Phi) is 7.60. The molecule has 3 rings (SSSR count). The minimum atomic E-state index is -3.80. The van der Waals surface area contributed by atoms with Gasteiger partial charge in [0.2, 0.25) is 15.9 Å². The van der Waals surface area contributed by atoms with Gasteiger partial charge in [0.1, 0.15) is 6.54 Å². The van der Waals surface area contributed by atoms with Crippen molar-refractivity contribution in [2.75, 3.05) is 49.8 Å². The van der Waals surface area contributed by atoms with Crippen LogP contribution in [0.1, 0.15) is 5.56 Å². The van der Waals surface area contributed by atoms with Gasteiger partial charge in [-0.15, -0.1) is 0 Å². The number of nitrogens with zero attached hydrogens (tertiary/aromatic N) is 4. The second-order valence-electron chi connectivity index (χ2n) is 7.54. The molecule has 1 amide bonds. The largest absolute Gasteiger partial charge is 0.339 e. The van der Waals surface area contributed by atoms with Crippen molar-refractivity contribution >= 4 is 33.4 Å². The minimum Gasteiger partial charge on any atom is -0.339 e. The SMILES string of the molecule is CS(=O)(=O)N(CC(=O)N1CCN(C/C=C/c2ccccc2)CC1)c1cccc([N+](=O)[O-])c1. The first-order valence-corrected chi connectivity index (χ1v) is 12.0. The summed E-state index contributed by atoms with van der Waals surface area (Å²) in [4.78, 5) is 27.1. The third kappa shape index (κ3) is 6.38. The molecule has 0 atom stereocenters. The van der Waals surface area contributed by atoms with Gasteiger partial charge in [0, 0.05) is 44.9 Å². The topological polar surface area (TPSA) is 104 Å². The first-order chi connectivity index (χ1) is 15.2. The van der Waals surface area contributed by atoms with Gasteiger partial charge < -0.3 is 4.90 Å². The average molecular weight is 459 g/mol. The van der Waals surface area contributed by atoms with Crippen molar-refractivity contribution in [1.82, 2.24) is 9.80 Å². The van der Waals surface area contributed by atoms with Crippen LogP contribution in [0, 0.1) is 10.1 Å². The summed E-state index contributed by atoms with van der Waals surface area (Å²) in [5, 5.41) is 11.0. The molecule has 0 aromatic heterocycles. The van der Waals surface area contributed by atoms with Gasteiger partial charge in [-0.3, -0.25) is 24.1 Å². The van der Waals surface area contributed by atoms with E-state index in [1.54, 1.807) is 4.90 Å². The van der Waals surface area contributed by atoms with Crippen molar-refractivity contribution in [1.29, 1.82) is 0 Å². The number of hydrogen-bond donors (Lipinski definition) is 0. The Morgan fingerprint density at radius 3 is 2.41 bits per heavy atom. The maximum atomic E-state index is 12.8. The second kappa shape index (κ2) is 10.4. The molecule has 170 valence electrons. The lowest BCUT2D eigenvalue weighted by Crippen LogP contribution is -2.51. The van der Waals surface area contributed by atoms with E-state index in [-0.39, 0.29) is 17.3 Å². The highest BCUT2D eigenvalue weighted by atomic mass is 32.2. The van der Waals surface area contributed by atoms with Crippen molar-refractivity contribution in [2.45, 2.75) is 0 Å². The highest BCUT2D eigenvalue weighted by Crippen LogP contribution is 2.23. The van der Waals surface area contributed by atoms with E-state index < -0.39 is 21.5 Å². The van der Waals surface area contributed by atoms with Crippen LogP contribution >= 0.6 is 0 Å². The third-order valence-corrected chi connectivity index (χ3v) is 6.35. The predicted octanol–water partition coefficient (Wildman–Crippen LogP) is 2.22. The third-order valence-electron chi connectivity index (χ3n) is 5.21. The summed E-state index contributed by atoms with van der Waals surface area (Å²) in [5.74, 6) is -0.332. The summed E-state index contributed by atoms with van der Waals surface area (Å²) in [7, 11) is -3.80. The van der Waals surface area contributed by atoms with Crippen LogP contribution in [-0.2, 0) is 14.8 Å². The molecule has 2 aromatic carbocycles. The zero-order valence-corrected chi connectivity index (χ0v) is 18.6. The maximum absolute atomic E-state index is 12.8. The molecular formula is C22H26N4O5S. The molecule has 1 fully saturated rings. The number of rotatable bonds is 8. The first-order valence-electron chi connectivity index (χ1n) is 10.2. The van der Waals surface area contributed by atoms with Gasteiger partial charge in [-0.1, -0.05) is 48.6 Å². The number of carbonyl (C=O) groups excluding carboxylic acids is 1. The number of anilines is 1. The van der Waals surface area contributed by atoms with Crippen LogP contribution in [0.25, 0.3) is 6.08 Å². The van der Waals surface area contributed by atoms with E-state index in [9.17, 15) is 23.3 Å². The molecular weight excluding hydrogens is 432 g/mol. The lowest BCUT2D eigenvalue weighted by atomic mass is 10.2. The molecule has 0 aliphatic carbocycles. The summed E-state index contributed by atoms with van der Waals surface area (Å²) in [5.41, 5.74) is 0.990. The van der Waals surface area contributed by atoms with E-state index in [0.717, 1.165) is 28.7 Å². The quantitative estimate of drug-likeness (QED) is 0.444. The number of non-ortho nitro benzene ring substituents is 1. The van der Waals surface area contributed by atoms with Crippen molar-refractivity contribution in [2.24, 2.45) is 0 Å². The number of amides is 1. The molecule has 2 aromatic rings. The highest BCUT2D eigenvalue weighted by molar-refractivity contribution is 7.92. The van der Waals surface area contributed by atoms with E-state index in [2.05, 4.69) is 17.1 Å². The minimum absolute atomic E-state index is 0.0970. The van der Waals surface area contributed by atoms with Crippen LogP contribution in [0.4, 0.5) is 11.4 Å². The van der Waals surface area contributed by atoms with Gasteiger partial charge in [-0.2, -0.15) is 0 Å². The Morgan fingerprint density at radius 1 is 1.09 bits per heavy atom. The number of carbonyl (C=O) groups is 1. The fourth-order valence-electron chi connectivity index (χ4n) is 3.47. The number of piperazine rings is 1. The van der Waals surface area contributed by atoms with Crippen LogP contribution in [-0.4, -0.2) is 74.6 Å². The first kappa shape index (κ1) is 23.4. The van der Waals surface area contributed by atoms with Gasteiger partial charge in [0.25, 0.3) is 5.69 Å². The van der Waals surface area contributed by atoms with E-state index in [4.69, 9.17) is 0 Å². The fourth-order valence-corrected chi connectivity index (χ4v) is 4.31. The fraction of sp³-hybridized carbons (Fsp3) is 0.318. The molecule has 1 saturated heterocycles. The normalized spacial score (nSPS) is 15.1. The molecule has 0 saturated carbocycles. The zero-order chi connectivity index (χ0) is 23.1. The Bertz CT molecular complexity index is 1080. The molecule has 0 spiro atoms. The van der Waals surface area contributed by atoms with Gasteiger partial charge in [0.15, 0.2) is 0 Å². The smallest absolute Gasteiger partial charge is 0.271 e. The Morgan fingerprint density at radius 2 is 1.78 bits per heavy atom. The van der Waals surface area contributed by atoms with Gasteiger partial charge >= 0.3 is 0 Å². The molecule has 0 bridgehead atoms. The van der Waals surface area contributed by atoms with Gasteiger partial charge in [-0.25, -0.2) is 8.42 Å². The second-order valence-corrected chi connectivity index (χ2v) is 9.45. The zero-order valence-electron chi connectivity index (χ0n) is 17.8. The lowest BCUT2D eigenvalue weighted by molar-refractivity contribution is -0.384. The van der Waals surface area contributed by atoms with E-state index in [1.165, 1.54) is 18.2 Å². The summed E-state index contributed by atoms with van der Waals surface area (Å²) < 4.78 is 25.5. The molecule has 10 heteroatoms. The van der Waals surface area contributed by atoms with E-state index >= 15 is 0 Å². The van der Waals surface area contributed by atoms with Crippen molar-refractivity contribution < 1.29 is 18.1 Å². The Hall–Kier alpha value is -3.24. The summed E-state index contributed by atoms with van der Waals surface area (Å²) >= 11 is 0. The van der Waals surface area contributed by atoms with Crippen LogP contribution in [0.15, 0.2) is 60.7 Å². The van der Waals surface area contributed by atoms with E-state index in [0.29, 0.717) is 26.2 Å². The van der Waals surface area contributed by atoms with Crippen molar-refractivity contribution in [3.05, 3.63) is 76.4 Å². The summed E-state index contributed by atoms with van der Waals surface area (Å²) in [6.45, 7) is 2.71. The van der Waals surface area contributed by atoms with E-state index in [1.807, 2.05) is 30.3 Å². The standard InChI is InChI=1S/C22H26N4O5S/c1-32(30,31)25(20-10-5-11-21(17-20)26(28)29)18-22(27)24-15-13-23(14-16-24)12-6-9-19-7-3-2-4-8-19/h2-11,17H,12-16,18H2,1H3/b9-6+. The molecule has 1 heterocycles. The number of nitro groups is 1.